The van der Waals surface area contributed by atoms with Crippen LogP contribution in [0.15, 0.2) is 30.3 Å². The van der Waals surface area contributed by atoms with E-state index in [1.807, 2.05) is 30.3 Å². The van der Waals surface area contributed by atoms with E-state index in [9.17, 15) is 5.11 Å². The van der Waals surface area contributed by atoms with E-state index in [0.29, 0.717) is 12.5 Å². The summed E-state index contributed by atoms with van der Waals surface area (Å²) in [7, 11) is 0. The number of hydrogen-bond donors (Lipinski definition) is 2. The first-order valence-electron chi connectivity index (χ1n) is 6.76. The first kappa shape index (κ1) is 15.2. The highest BCUT2D eigenvalue weighted by Crippen LogP contribution is 2.28. The second-order valence-electron chi connectivity index (χ2n) is 6.60. The summed E-state index contributed by atoms with van der Waals surface area (Å²) in [5.74, 6) is 0.456. The SMILES string of the molecule is CC(C)CC(O)(CNC(C)(C)C)c1ccccc1. The van der Waals surface area contributed by atoms with Crippen LogP contribution in [0.2, 0.25) is 0 Å². The minimum atomic E-state index is -0.789. The first-order chi connectivity index (χ1) is 8.23. The van der Waals surface area contributed by atoms with E-state index in [0.717, 1.165) is 12.0 Å². The Balaban J connectivity index is 2.89. The second-order valence-corrected chi connectivity index (χ2v) is 6.60. The van der Waals surface area contributed by atoms with Crippen LogP contribution in [0.3, 0.4) is 0 Å². The molecule has 0 saturated carbocycles. The minimum absolute atomic E-state index is 0.0136. The van der Waals surface area contributed by atoms with E-state index in [1.165, 1.54) is 0 Å². The lowest BCUT2D eigenvalue weighted by Gasteiger charge is -2.34. The molecule has 18 heavy (non-hydrogen) atoms. The molecule has 0 saturated heterocycles. The van der Waals surface area contributed by atoms with Gasteiger partial charge in [-0.15, -0.1) is 0 Å². The lowest BCUT2D eigenvalue weighted by molar-refractivity contribution is 0.0103. The van der Waals surface area contributed by atoms with Crippen molar-refractivity contribution in [3.8, 4) is 0 Å². The summed E-state index contributed by atoms with van der Waals surface area (Å²) in [6.45, 7) is 11.2. The zero-order chi connectivity index (χ0) is 13.8. The van der Waals surface area contributed by atoms with Crippen molar-refractivity contribution >= 4 is 0 Å². The summed E-state index contributed by atoms with van der Waals surface area (Å²) < 4.78 is 0. The average Bonchev–Trinajstić information content (AvgIpc) is 2.26. The van der Waals surface area contributed by atoms with Crippen molar-refractivity contribution in [3.63, 3.8) is 0 Å². The van der Waals surface area contributed by atoms with Crippen LogP contribution < -0.4 is 5.32 Å². The van der Waals surface area contributed by atoms with Crippen LogP contribution in [0.4, 0.5) is 0 Å². The maximum atomic E-state index is 11.0. The molecule has 0 aromatic heterocycles. The third kappa shape index (κ3) is 4.79. The molecule has 102 valence electrons. The van der Waals surface area contributed by atoms with E-state index < -0.39 is 5.60 Å². The van der Waals surface area contributed by atoms with E-state index in [4.69, 9.17) is 0 Å². The van der Waals surface area contributed by atoms with Gasteiger partial charge in [-0.25, -0.2) is 0 Å². The Kier molecular flexibility index (Phi) is 4.94. The molecule has 1 atom stereocenters. The van der Waals surface area contributed by atoms with Gasteiger partial charge in [-0.2, -0.15) is 0 Å². The van der Waals surface area contributed by atoms with Crippen LogP contribution in [-0.4, -0.2) is 17.2 Å². The van der Waals surface area contributed by atoms with Gasteiger partial charge in [-0.1, -0.05) is 44.2 Å². The Morgan fingerprint density at radius 2 is 1.67 bits per heavy atom. The predicted molar refractivity (Wildman–Crippen MR) is 77.5 cm³/mol. The first-order valence-corrected chi connectivity index (χ1v) is 6.76. The Morgan fingerprint density at radius 1 is 1.11 bits per heavy atom. The zero-order valence-electron chi connectivity index (χ0n) is 12.3. The molecular weight excluding hydrogens is 222 g/mol. The van der Waals surface area contributed by atoms with Crippen LogP contribution in [0, 0.1) is 5.92 Å². The van der Waals surface area contributed by atoms with Crippen LogP contribution in [-0.2, 0) is 5.60 Å². The number of nitrogens with one attached hydrogen (secondary N) is 1. The molecular formula is C16H27NO. The molecule has 0 bridgehead atoms. The molecule has 0 spiro atoms. The van der Waals surface area contributed by atoms with Crippen molar-refractivity contribution in [3.05, 3.63) is 35.9 Å². The summed E-state index contributed by atoms with van der Waals surface area (Å²) in [4.78, 5) is 0. The van der Waals surface area contributed by atoms with Gasteiger partial charge in [-0.05, 0) is 38.7 Å². The standard InChI is InChI=1S/C16H27NO/c1-13(2)11-16(18,12-17-15(3,4)5)14-9-7-6-8-10-14/h6-10,13,17-18H,11-12H2,1-5H3. The highest BCUT2D eigenvalue weighted by atomic mass is 16.3. The summed E-state index contributed by atoms with van der Waals surface area (Å²) in [5, 5.41) is 14.4. The van der Waals surface area contributed by atoms with Crippen molar-refractivity contribution in [2.45, 2.75) is 52.2 Å². The van der Waals surface area contributed by atoms with Gasteiger partial charge in [0.05, 0.1) is 0 Å². The molecule has 0 aliphatic heterocycles. The maximum absolute atomic E-state index is 11.0. The van der Waals surface area contributed by atoms with E-state index >= 15 is 0 Å². The lowest BCUT2D eigenvalue weighted by atomic mass is 9.85. The number of β-amino-alcohol motifs (C(OH)–C–C–N with tert-alkyl or cyclic N) is 1. The molecule has 1 aromatic rings. The second kappa shape index (κ2) is 5.85. The molecule has 1 unspecified atom stereocenters. The molecule has 0 aliphatic rings. The molecule has 0 fully saturated rings. The van der Waals surface area contributed by atoms with Gasteiger partial charge in [0.2, 0.25) is 0 Å². The zero-order valence-corrected chi connectivity index (χ0v) is 12.3. The number of hydrogen-bond acceptors (Lipinski definition) is 2. The monoisotopic (exact) mass is 249 g/mol. The van der Waals surface area contributed by atoms with Crippen molar-refractivity contribution in [1.29, 1.82) is 0 Å². The van der Waals surface area contributed by atoms with Gasteiger partial charge in [-0.3, -0.25) is 0 Å². The minimum Gasteiger partial charge on any atom is -0.384 e. The fourth-order valence-corrected chi connectivity index (χ4v) is 2.13. The predicted octanol–water partition coefficient (Wildman–Crippen LogP) is 3.31. The smallest absolute Gasteiger partial charge is 0.102 e. The molecule has 1 rings (SSSR count). The Labute approximate surface area is 111 Å². The van der Waals surface area contributed by atoms with Gasteiger partial charge in [0.15, 0.2) is 0 Å². The largest absolute Gasteiger partial charge is 0.384 e. The number of rotatable bonds is 5. The highest BCUT2D eigenvalue weighted by Gasteiger charge is 2.31. The molecule has 1 aromatic carbocycles. The summed E-state index contributed by atoms with van der Waals surface area (Å²) in [5.41, 5.74) is 0.220. The van der Waals surface area contributed by atoms with E-state index in [-0.39, 0.29) is 5.54 Å². The fourth-order valence-electron chi connectivity index (χ4n) is 2.13. The van der Waals surface area contributed by atoms with Gasteiger partial charge in [0.25, 0.3) is 0 Å². The number of aliphatic hydroxyl groups is 1. The third-order valence-electron chi connectivity index (χ3n) is 2.97. The summed E-state index contributed by atoms with van der Waals surface area (Å²) >= 11 is 0. The van der Waals surface area contributed by atoms with Gasteiger partial charge in [0, 0.05) is 12.1 Å². The highest BCUT2D eigenvalue weighted by molar-refractivity contribution is 5.23. The molecule has 0 amide bonds. The summed E-state index contributed by atoms with van der Waals surface area (Å²) in [6.07, 6.45) is 0.764. The van der Waals surface area contributed by atoms with Gasteiger partial charge < -0.3 is 10.4 Å². The number of benzene rings is 1. The van der Waals surface area contributed by atoms with Crippen molar-refractivity contribution in [2.24, 2.45) is 5.92 Å². The molecule has 0 radical (unpaired) electrons. The van der Waals surface area contributed by atoms with Crippen molar-refractivity contribution in [1.82, 2.24) is 5.32 Å². The van der Waals surface area contributed by atoms with E-state index in [1.54, 1.807) is 0 Å². The van der Waals surface area contributed by atoms with Crippen LogP contribution in [0.1, 0.15) is 46.6 Å². The third-order valence-corrected chi connectivity index (χ3v) is 2.97. The molecule has 0 heterocycles. The summed E-state index contributed by atoms with van der Waals surface area (Å²) in [6, 6.07) is 9.96. The Morgan fingerprint density at radius 3 is 2.11 bits per heavy atom. The van der Waals surface area contributed by atoms with Gasteiger partial charge >= 0.3 is 0 Å². The van der Waals surface area contributed by atoms with Crippen molar-refractivity contribution < 1.29 is 5.11 Å². The van der Waals surface area contributed by atoms with E-state index in [2.05, 4.69) is 39.9 Å². The van der Waals surface area contributed by atoms with Crippen LogP contribution in [0.5, 0.6) is 0 Å². The topological polar surface area (TPSA) is 32.3 Å². The Bertz CT molecular complexity index is 353. The van der Waals surface area contributed by atoms with Crippen molar-refractivity contribution in [2.75, 3.05) is 6.54 Å². The molecule has 2 nitrogen and oxygen atoms in total. The molecule has 2 heteroatoms. The maximum Gasteiger partial charge on any atom is 0.102 e. The van der Waals surface area contributed by atoms with Gasteiger partial charge in [0.1, 0.15) is 5.60 Å². The Hall–Kier alpha value is -0.860. The molecule has 0 aliphatic carbocycles. The average molecular weight is 249 g/mol. The fraction of sp³-hybridized carbons (Fsp3) is 0.625. The normalized spacial score (nSPS) is 15.7. The van der Waals surface area contributed by atoms with Crippen LogP contribution >= 0.6 is 0 Å². The lowest BCUT2D eigenvalue weighted by Crippen LogP contribution is -2.46. The quantitative estimate of drug-likeness (QED) is 0.839. The van der Waals surface area contributed by atoms with Crippen LogP contribution in [0.25, 0.3) is 0 Å². The molecule has 2 N–H and O–H groups in total.